The fourth-order valence-electron chi connectivity index (χ4n) is 2.57. The number of hydrogen-bond donors (Lipinski definition) is 3. The number of hydrogen-bond acceptors (Lipinski definition) is 5. The molecule has 9 heteroatoms. The Labute approximate surface area is 125 Å². The fraction of sp³-hybridized carbons (Fsp3) is 0.417. The number of carbonyl (C=O) groups excluding carboxylic acids is 1. The van der Waals surface area contributed by atoms with Gasteiger partial charge in [-0.25, -0.2) is 4.79 Å². The van der Waals surface area contributed by atoms with Gasteiger partial charge in [0.25, 0.3) is 0 Å². The van der Waals surface area contributed by atoms with Crippen LogP contribution in [-0.2, 0) is 23.2 Å². The number of carbonyl (C=O) groups is 2. The summed E-state index contributed by atoms with van der Waals surface area (Å²) in [6.07, 6.45) is 1.78. The quantitative estimate of drug-likeness (QED) is 0.461. The second-order valence-corrected chi connectivity index (χ2v) is 6.16. The summed E-state index contributed by atoms with van der Waals surface area (Å²) >= 11 is 1.49. The van der Waals surface area contributed by atoms with E-state index in [9.17, 15) is 14.7 Å². The molecule has 3 heterocycles. The summed E-state index contributed by atoms with van der Waals surface area (Å²) < 4.78 is 3.53. The van der Waals surface area contributed by atoms with Gasteiger partial charge in [-0.05, 0) is 0 Å². The number of β-lactam (4-membered cyclic amide) rings is 1. The van der Waals surface area contributed by atoms with Crippen molar-refractivity contribution in [2.24, 2.45) is 12.8 Å². The lowest BCUT2D eigenvalue weighted by Crippen LogP contribution is -2.68. The highest BCUT2D eigenvalue weighted by Gasteiger charge is 2.52. The van der Waals surface area contributed by atoms with Crippen LogP contribution in [0.3, 0.4) is 0 Å². The zero-order valence-electron chi connectivity index (χ0n) is 11.4. The van der Waals surface area contributed by atoms with Gasteiger partial charge in [0.15, 0.2) is 18.6 Å². The first-order valence-electron chi connectivity index (χ1n) is 6.38. The van der Waals surface area contributed by atoms with Crippen molar-refractivity contribution in [2.45, 2.75) is 18.0 Å². The monoisotopic (exact) mass is 310 g/mol. The maximum atomic E-state index is 11.8. The Bertz CT molecular complexity index is 668. The van der Waals surface area contributed by atoms with E-state index in [2.05, 4.69) is 0 Å². The molecule has 2 aliphatic heterocycles. The lowest BCUT2D eigenvalue weighted by atomic mass is 10.0. The highest BCUT2D eigenvalue weighted by Crippen LogP contribution is 2.39. The molecule has 21 heavy (non-hydrogen) atoms. The summed E-state index contributed by atoms with van der Waals surface area (Å²) in [4.78, 5) is 24.7. The highest BCUT2D eigenvalue weighted by molar-refractivity contribution is 8.00. The summed E-state index contributed by atoms with van der Waals surface area (Å²) in [6, 6.07) is 1.13. The Balaban J connectivity index is 1.97. The van der Waals surface area contributed by atoms with Crippen LogP contribution in [0.15, 0.2) is 23.5 Å². The minimum atomic E-state index is -1.10. The zero-order valence-corrected chi connectivity index (χ0v) is 12.2. The fourth-order valence-corrected chi connectivity index (χ4v) is 3.86. The van der Waals surface area contributed by atoms with Gasteiger partial charge in [-0.3, -0.25) is 9.69 Å². The van der Waals surface area contributed by atoms with Gasteiger partial charge in [-0.2, -0.15) is 0 Å². The molecule has 0 unspecified atom stereocenters. The second kappa shape index (κ2) is 4.78. The third-order valence-corrected chi connectivity index (χ3v) is 5.18. The molecule has 3 rings (SSSR count). The van der Waals surface area contributed by atoms with Crippen LogP contribution in [0, 0.1) is 0 Å². The smallest absolute Gasteiger partial charge is 0.352 e. The number of anilines is 1. The lowest BCUT2D eigenvalue weighted by Gasteiger charge is -2.47. The van der Waals surface area contributed by atoms with E-state index in [1.807, 2.05) is 0 Å². The van der Waals surface area contributed by atoms with E-state index in [0.717, 1.165) is 0 Å². The van der Waals surface area contributed by atoms with E-state index < -0.39 is 12.0 Å². The normalized spacial score (nSPS) is 24.9. The molecule has 1 aromatic rings. The van der Waals surface area contributed by atoms with Crippen LogP contribution in [0.2, 0.25) is 0 Å². The number of carboxylic acid groups (broad SMARTS) is 1. The number of fused-ring (bicyclic) bond motifs is 1. The predicted molar refractivity (Wildman–Crippen MR) is 75.7 cm³/mol. The standard InChI is InChI=1S/C12H15N5O3S/c1-15-7(13)2-3-16(15)4-6-5-21-11-8(14)10(18)17(11)9(6)12(19)20/h2-3,8,11,13H,4-5,14H2,1H3,(H,19,20)/p+1/t8-,11-/m1/s1. The van der Waals surface area contributed by atoms with Gasteiger partial charge in [-0.1, -0.05) is 0 Å². The number of aromatic nitrogens is 2. The van der Waals surface area contributed by atoms with E-state index in [0.29, 0.717) is 23.7 Å². The van der Waals surface area contributed by atoms with E-state index in [1.165, 1.54) is 16.7 Å². The molecule has 0 saturated carbocycles. The van der Waals surface area contributed by atoms with Crippen molar-refractivity contribution in [3.63, 3.8) is 0 Å². The van der Waals surface area contributed by atoms with Crippen molar-refractivity contribution in [1.82, 2.24) is 9.58 Å². The van der Waals surface area contributed by atoms with Crippen molar-refractivity contribution in [1.29, 1.82) is 0 Å². The molecule has 8 nitrogen and oxygen atoms in total. The van der Waals surface area contributed by atoms with E-state index in [1.54, 1.807) is 28.7 Å². The van der Waals surface area contributed by atoms with Crippen molar-refractivity contribution in [3.05, 3.63) is 23.5 Å². The number of nitrogens with two attached hydrogens (primary N) is 2. The average Bonchev–Trinajstić information content (AvgIpc) is 2.77. The van der Waals surface area contributed by atoms with Gasteiger partial charge >= 0.3 is 5.97 Å². The Morgan fingerprint density at radius 2 is 2.33 bits per heavy atom. The van der Waals surface area contributed by atoms with Crippen molar-refractivity contribution in [3.8, 4) is 0 Å². The van der Waals surface area contributed by atoms with E-state index in [-0.39, 0.29) is 17.0 Å². The molecular formula is C12H16N5O3S+. The summed E-state index contributed by atoms with van der Waals surface area (Å²) in [7, 11) is 1.79. The molecular weight excluding hydrogens is 294 g/mol. The van der Waals surface area contributed by atoms with Crippen molar-refractivity contribution >= 4 is 29.5 Å². The van der Waals surface area contributed by atoms with Crippen LogP contribution in [0.1, 0.15) is 0 Å². The first-order valence-corrected chi connectivity index (χ1v) is 7.43. The molecule has 1 fully saturated rings. The summed E-state index contributed by atoms with van der Waals surface area (Å²) in [5.74, 6) is -0.324. The van der Waals surface area contributed by atoms with Gasteiger partial charge in [0.2, 0.25) is 5.91 Å². The molecule has 0 bridgehead atoms. The van der Waals surface area contributed by atoms with Gasteiger partial charge in [0.1, 0.15) is 17.1 Å². The Kier molecular flexibility index (Phi) is 3.18. The lowest BCUT2D eigenvalue weighted by molar-refractivity contribution is -0.765. The van der Waals surface area contributed by atoms with Gasteiger partial charge in [-0.15, -0.1) is 21.1 Å². The van der Waals surface area contributed by atoms with E-state index in [4.69, 9.17) is 11.5 Å². The molecule has 0 spiro atoms. The molecule has 2 atom stereocenters. The molecule has 5 N–H and O–H groups in total. The molecule has 0 aliphatic carbocycles. The molecule has 1 saturated heterocycles. The minimum Gasteiger partial charge on any atom is -0.477 e. The second-order valence-electron chi connectivity index (χ2n) is 5.05. The van der Waals surface area contributed by atoms with Crippen LogP contribution in [0.5, 0.6) is 0 Å². The Hall–Kier alpha value is -2.00. The molecule has 112 valence electrons. The number of rotatable bonds is 3. The third-order valence-electron chi connectivity index (χ3n) is 3.82. The molecule has 1 aromatic heterocycles. The van der Waals surface area contributed by atoms with Gasteiger partial charge < -0.3 is 16.6 Å². The number of aliphatic carboxylic acids is 1. The number of carboxylic acids is 1. The first kappa shape index (κ1) is 14.0. The summed E-state index contributed by atoms with van der Waals surface area (Å²) in [6.45, 7) is 0.369. The number of thioether (sulfide) groups is 1. The van der Waals surface area contributed by atoms with Gasteiger partial charge in [0.05, 0.1) is 13.1 Å². The minimum absolute atomic E-state index is 0.0534. The average molecular weight is 310 g/mol. The van der Waals surface area contributed by atoms with E-state index >= 15 is 0 Å². The van der Waals surface area contributed by atoms with Crippen LogP contribution >= 0.6 is 11.8 Å². The van der Waals surface area contributed by atoms with Gasteiger partial charge in [0, 0.05) is 11.3 Å². The highest BCUT2D eigenvalue weighted by atomic mass is 32.2. The zero-order chi connectivity index (χ0) is 15.3. The Morgan fingerprint density at radius 3 is 2.90 bits per heavy atom. The number of nitrogens with zero attached hydrogens (tertiary/aromatic N) is 3. The van der Waals surface area contributed by atoms with Crippen LogP contribution in [0.25, 0.3) is 0 Å². The van der Waals surface area contributed by atoms with Crippen molar-refractivity contribution < 1.29 is 19.4 Å². The van der Waals surface area contributed by atoms with Crippen LogP contribution < -0.4 is 16.1 Å². The summed E-state index contributed by atoms with van der Waals surface area (Å²) in [5.41, 5.74) is 12.2. The molecule has 1 amide bonds. The summed E-state index contributed by atoms with van der Waals surface area (Å²) in [5, 5.41) is 9.18. The first-order chi connectivity index (χ1) is 9.91. The van der Waals surface area contributed by atoms with Crippen LogP contribution in [0.4, 0.5) is 5.82 Å². The number of amides is 1. The topological polar surface area (TPSA) is 118 Å². The third kappa shape index (κ3) is 2.00. The maximum Gasteiger partial charge on any atom is 0.352 e. The largest absolute Gasteiger partial charge is 0.477 e. The SMILES string of the molecule is Cn1c(N)cc[n+]1CC1=C(C(=O)O)N2C(=O)[C@@H](N)[C@H]2SC1. The van der Waals surface area contributed by atoms with Crippen LogP contribution in [-0.4, -0.2) is 43.7 Å². The molecule has 0 radical (unpaired) electrons. The Morgan fingerprint density at radius 1 is 1.62 bits per heavy atom. The molecule has 2 aliphatic rings. The maximum absolute atomic E-state index is 11.8. The predicted octanol–water partition coefficient (Wildman–Crippen LogP) is -1.52. The number of nitrogen functional groups attached to an aromatic ring is 1. The molecule has 0 aromatic carbocycles. The van der Waals surface area contributed by atoms with Crippen molar-refractivity contribution in [2.75, 3.05) is 11.5 Å².